The van der Waals surface area contributed by atoms with E-state index in [1.165, 1.54) is 50.5 Å². The third-order valence-electron chi connectivity index (χ3n) is 7.75. The van der Waals surface area contributed by atoms with Gasteiger partial charge in [-0.3, -0.25) is 0 Å². The molecule has 0 aliphatic heterocycles. The van der Waals surface area contributed by atoms with Crippen molar-refractivity contribution in [3.63, 3.8) is 0 Å². The van der Waals surface area contributed by atoms with Crippen molar-refractivity contribution >= 4 is 0 Å². The Bertz CT molecular complexity index is 557. The van der Waals surface area contributed by atoms with Gasteiger partial charge in [0, 0.05) is 0 Å². The van der Waals surface area contributed by atoms with Crippen LogP contribution in [0.1, 0.15) is 81.4 Å². The van der Waals surface area contributed by atoms with Gasteiger partial charge in [0.15, 0.2) is 0 Å². The Labute approximate surface area is 149 Å². The fourth-order valence-electron chi connectivity index (χ4n) is 6.44. The summed E-state index contributed by atoms with van der Waals surface area (Å²) in [6.07, 6.45) is 16.4. The molecule has 5 atom stereocenters. The number of hydrogen-bond donors (Lipinski definition) is 0. The van der Waals surface area contributed by atoms with E-state index in [1.54, 1.807) is 36.8 Å². The zero-order valence-electron chi connectivity index (χ0n) is 15.9. The lowest BCUT2D eigenvalue weighted by molar-refractivity contribution is 0.0695. The van der Waals surface area contributed by atoms with Crippen molar-refractivity contribution in [3.8, 4) is 0 Å². The maximum absolute atomic E-state index is 2.44. The van der Waals surface area contributed by atoms with E-state index in [-0.39, 0.29) is 0 Å². The van der Waals surface area contributed by atoms with Gasteiger partial charge in [-0.25, -0.2) is 0 Å². The van der Waals surface area contributed by atoms with Crippen LogP contribution in [0.2, 0.25) is 0 Å². The molecule has 132 valence electrons. The van der Waals surface area contributed by atoms with Crippen LogP contribution in [0, 0.1) is 36.5 Å². The average molecular weight is 325 g/mol. The summed E-state index contributed by atoms with van der Waals surface area (Å²) in [5.41, 5.74) is 4.77. The zero-order chi connectivity index (χ0) is 16.5. The summed E-state index contributed by atoms with van der Waals surface area (Å²) in [7, 11) is 0. The Balaban J connectivity index is 1.37. The van der Waals surface area contributed by atoms with E-state index in [0.717, 1.165) is 29.6 Å². The van der Waals surface area contributed by atoms with Crippen LogP contribution in [0.15, 0.2) is 18.2 Å². The highest BCUT2D eigenvalue weighted by molar-refractivity contribution is 5.33. The second-order valence-electron chi connectivity index (χ2n) is 9.34. The second kappa shape index (κ2) is 7.22. The third kappa shape index (κ3) is 3.44. The molecule has 0 nitrogen and oxygen atoms in total. The molecule has 3 aliphatic rings. The highest BCUT2D eigenvalue weighted by atomic mass is 14.4. The summed E-state index contributed by atoms with van der Waals surface area (Å²) in [6.45, 7) is 4.61. The number of rotatable bonds is 3. The predicted octanol–water partition coefficient (Wildman–Crippen LogP) is 6.73. The minimum absolute atomic E-state index is 0.981. The molecule has 0 heteroatoms. The lowest BCUT2D eigenvalue weighted by Gasteiger charge is -2.45. The van der Waals surface area contributed by atoms with Gasteiger partial charge in [0.05, 0.1) is 0 Å². The van der Waals surface area contributed by atoms with E-state index in [4.69, 9.17) is 0 Å². The first-order valence-corrected chi connectivity index (χ1v) is 10.8. The molecule has 2 saturated carbocycles. The number of aryl methyl sites for hydroxylation is 2. The molecule has 0 amide bonds. The van der Waals surface area contributed by atoms with Crippen molar-refractivity contribution in [1.82, 2.24) is 0 Å². The van der Waals surface area contributed by atoms with E-state index in [2.05, 4.69) is 32.0 Å². The molecule has 24 heavy (non-hydrogen) atoms. The van der Waals surface area contributed by atoms with Gasteiger partial charge < -0.3 is 0 Å². The SMILES string of the molecule is CCC[C@@H]1CC[C@@H]2CC(C3CCc4cc(C)ccc4C3)CCC2C1. The quantitative estimate of drug-likeness (QED) is 0.578. The van der Waals surface area contributed by atoms with Gasteiger partial charge in [0.2, 0.25) is 0 Å². The first-order valence-electron chi connectivity index (χ1n) is 10.8. The molecular weight excluding hydrogens is 288 g/mol. The third-order valence-corrected chi connectivity index (χ3v) is 7.75. The largest absolute Gasteiger partial charge is 0.0654 e. The summed E-state index contributed by atoms with van der Waals surface area (Å²) in [4.78, 5) is 0. The smallest absolute Gasteiger partial charge is 0.0245 e. The molecule has 0 saturated heterocycles. The normalized spacial score (nSPS) is 36.0. The molecule has 1 aromatic carbocycles. The standard InChI is InChI=1S/C24H36/c1-3-4-18-6-8-22-16-24(12-10-20(22)14-18)23-11-9-19-13-17(2)5-7-21(19)15-23/h5,7,13,18,20,22-24H,3-4,6,8-12,14-16H2,1-2H3/t18-,20?,22-,23?,24?/m1/s1. The van der Waals surface area contributed by atoms with Gasteiger partial charge in [-0.05, 0) is 99.0 Å². The van der Waals surface area contributed by atoms with Crippen molar-refractivity contribution in [2.45, 2.75) is 84.5 Å². The van der Waals surface area contributed by atoms with Crippen molar-refractivity contribution < 1.29 is 0 Å². The van der Waals surface area contributed by atoms with Gasteiger partial charge in [-0.2, -0.15) is 0 Å². The van der Waals surface area contributed by atoms with E-state index in [1.807, 2.05) is 0 Å². The maximum atomic E-state index is 2.44. The van der Waals surface area contributed by atoms with Gasteiger partial charge in [0.25, 0.3) is 0 Å². The van der Waals surface area contributed by atoms with Gasteiger partial charge in [0.1, 0.15) is 0 Å². The number of fused-ring (bicyclic) bond motifs is 2. The van der Waals surface area contributed by atoms with Crippen molar-refractivity contribution in [1.29, 1.82) is 0 Å². The van der Waals surface area contributed by atoms with Crippen molar-refractivity contribution in [2.75, 3.05) is 0 Å². The van der Waals surface area contributed by atoms with E-state index < -0.39 is 0 Å². The van der Waals surface area contributed by atoms with E-state index in [9.17, 15) is 0 Å². The molecular formula is C24H36. The molecule has 3 aliphatic carbocycles. The lowest BCUT2D eigenvalue weighted by atomic mass is 9.61. The molecule has 2 fully saturated rings. The second-order valence-corrected chi connectivity index (χ2v) is 9.34. The van der Waals surface area contributed by atoms with Crippen LogP contribution < -0.4 is 0 Å². The van der Waals surface area contributed by atoms with Crippen LogP contribution in [-0.2, 0) is 12.8 Å². The Morgan fingerprint density at radius 1 is 0.833 bits per heavy atom. The Morgan fingerprint density at radius 3 is 2.42 bits per heavy atom. The summed E-state index contributed by atoms with van der Waals surface area (Å²) >= 11 is 0. The monoisotopic (exact) mass is 324 g/mol. The van der Waals surface area contributed by atoms with Crippen LogP contribution in [0.25, 0.3) is 0 Å². The van der Waals surface area contributed by atoms with Crippen LogP contribution in [0.3, 0.4) is 0 Å². The molecule has 4 rings (SSSR count). The first kappa shape index (κ1) is 16.7. The summed E-state index contributed by atoms with van der Waals surface area (Å²) < 4.78 is 0. The highest BCUT2D eigenvalue weighted by Gasteiger charge is 2.38. The Hall–Kier alpha value is -0.780. The lowest BCUT2D eigenvalue weighted by Crippen LogP contribution is -2.35. The van der Waals surface area contributed by atoms with Gasteiger partial charge in [-0.15, -0.1) is 0 Å². The minimum atomic E-state index is 0.981. The Morgan fingerprint density at radius 2 is 1.58 bits per heavy atom. The molecule has 0 bridgehead atoms. The van der Waals surface area contributed by atoms with Crippen LogP contribution in [-0.4, -0.2) is 0 Å². The molecule has 0 heterocycles. The average Bonchev–Trinajstić information content (AvgIpc) is 2.61. The van der Waals surface area contributed by atoms with Crippen molar-refractivity contribution in [3.05, 3.63) is 34.9 Å². The zero-order valence-corrected chi connectivity index (χ0v) is 15.9. The molecule has 0 N–H and O–H groups in total. The van der Waals surface area contributed by atoms with Gasteiger partial charge >= 0.3 is 0 Å². The fraction of sp³-hybridized carbons (Fsp3) is 0.750. The van der Waals surface area contributed by atoms with Crippen LogP contribution >= 0.6 is 0 Å². The van der Waals surface area contributed by atoms with Crippen molar-refractivity contribution in [2.24, 2.45) is 29.6 Å². The number of hydrogen-bond acceptors (Lipinski definition) is 0. The molecule has 0 aromatic heterocycles. The molecule has 0 spiro atoms. The highest BCUT2D eigenvalue weighted by Crippen LogP contribution is 2.48. The number of benzene rings is 1. The summed E-state index contributed by atoms with van der Waals surface area (Å²) in [5.74, 6) is 5.25. The summed E-state index contributed by atoms with van der Waals surface area (Å²) in [5, 5.41) is 0. The predicted molar refractivity (Wildman–Crippen MR) is 103 cm³/mol. The molecule has 3 unspecified atom stereocenters. The fourth-order valence-corrected chi connectivity index (χ4v) is 6.44. The first-order chi connectivity index (χ1) is 11.7. The maximum Gasteiger partial charge on any atom is -0.0245 e. The topological polar surface area (TPSA) is 0 Å². The van der Waals surface area contributed by atoms with Gasteiger partial charge in [-0.1, -0.05) is 49.9 Å². The van der Waals surface area contributed by atoms with E-state index >= 15 is 0 Å². The van der Waals surface area contributed by atoms with E-state index in [0.29, 0.717) is 0 Å². The Kier molecular flexibility index (Phi) is 5.02. The molecule has 0 radical (unpaired) electrons. The summed E-state index contributed by atoms with van der Waals surface area (Å²) in [6, 6.07) is 7.20. The van der Waals surface area contributed by atoms with Crippen LogP contribution in [0.5, 0.6) is 0 Å². The minimum Gasteiger partial charge on any atom is -0.0654 e. The molecule has 1 aromatic rings. The van der Waals surface area contributed by atoms with Crippen LogP contribution in [0.4, 0.5) is 0 Å².